The van der Waals surface area contributed by atoms with Gasteiger partial charge in [-0.25, -0.2) is 4.39 Å². The molecule has 0 aliphatic heterocycles. The predicted octanol–water partition coefficient (Wildman–Crippen LogP) is 3.36. The first kappa shape index (κ1) is 14.2. The fraction of sp³-hybridized carbons (Fsp3) is 0.231. The van der Waals surface area contributed by atoms with Gasteiger partial charge in [-0.2, -0.15) is 0 Å². The van der Waals surface area contributed by atoms with Crippen LogP contribution in [0, 0.1) is 0 Å². The average Bonchev–Trinajstić information content (AvgIpc) is 2.18. The maximum absolute atomic E-state index is 12.8. The summed E-state index contributed by atoms with van der Waals surface area (Å²) >= 11 is 0. The van der Waals surface area contributed by atoms with Gasteiger partial charge in [0.05, 0.1) is 6.61 Å². The Balaban J connectivity index is 4.15. The number of allylic oxidation sites excluding steroid dienone is 6. The van der Waals surface area contributed by atoms with Crippen molar-refractivity contribution in [3.8, 4) is 0 Å². The Bertz CT molecular complexity index is 327. The quantitative estimate of drug-likeness (QED) is 0.530. The van der Waals surface area contributed by atoms with Crippen molar-refractivity contribution in [2.75, 3.05) is 6.61 Å². The molecule has 2 nitrogen and oxygen atoms in total. The van der Waals surface area contributed by atoms with Crippen LogP contribution in [0.15, 0.2) is 60.8 Å². The maximum Gasteiger partial charge on any atom is 0.122 e. The summed E-state index contributed by atoms with van der Waals surface area (Å²) in [5, 5.41) is 0. The summed E-state index contributed by atoms with van der Waals surface area (Å²) in [4.78, 5) is 0. The topological polar surface area (TPSA) is 35.2 Å². The third kappa shape index (κ3) is 7.62. The van der Waals surface area contributed by atoms with Gasteiger partial charge in [0.15, 0.2) is 0 Å². The van der Waals surface area contributed by atoms with Crippen molar-refractivity contribution >= 4 is 0 Å². The Morgan fingerprint density at radius 2 is 2.19 bits per heavy atom. The third-order valence-corrected chi connectivity index (χ3v) is 1.58. The molecule has 2 N–H and O–H groups in total. The highest BCUT2D eigenvalue weighted by Gasteiger charge is 1.91. The normalized spacial score (nSPS) is 12.9. The molecule has 0 amide bonds. The molecule has 0 aromatic rings. The van der Waals surface area contributed by atoms with Crippen LogP contribution in [0.3, 0.4) is 0 Å². The number of rotatable bonds is 7. The summed E-state index contributed by atoms with van der Waals surface area (Å²) in [5.74, 6) is 0.155. The summed E-state index contributed by atoms with van der Waals surface area (Å²) in [7, 11) is 0. The maximum atomic E-state index is 12.8. The molecular formula is C13H18FNO. The molecule has 3 heteroatoms. The molecule has 0 bridgehead atoms. The SMILES string of the molecule is C=C/C=C(F)\C=C/C/C(N)=C/C(=C)OCC. The Labute approximate surface area is 96.3 Å². The molecule has 88 valence electrons. The zero-order valence-electron chi connectivity index (χ0n) is 9.58. The molecule has 0 spiro atoms. The molecule has 0 heterocycles. The first-order chi connectivity index (χ1) is 7.60. The van der Waals surface area contributed by atoms with Crippen molar-refractivity contribution in [2.45, 2.75) is 13.3 Å². The minimum Gasteiger partial charge on any atom is -0.494 e. The van der Waals surface area contributed by atoms with Crippen molar-refractivity contribution in [1.29, 1.82) is 0 Å². The van der Waals surface area contributed by atoms with E-state index in [2.05, 4.69) is 13.2 Å². The van der Waals surface area contributed by atoms with Crippen LogP contribution in [0.2, 0.25) is 0 Å². The minimum atomic E-state index is -0.355. The van der Waals surface area contributed by atoms with E-state index >= 15 is 0 Å². The fourth-order valence-corrected chi connectivity index (χ4v) is 0.969. The second kappa shape index (κ2) is 8.53. The van der Waals surface area contributed by atoms with Crippen molar-refractivity contribution in [3.63, 3.8) is 0 Å². The van der Waals surface area contributed by atoms with E-state index in [-0.39, 0.29) is 5.83 Å². The molecule has 0 rings (SSSR count). The van der Waals surface area contributed by atoms with Crippen molar-refractivity contribution in [1.82, 2.24) is 0 Å². The van der Waals surface area contributed by atoms with Crippen LogP contribution < -0.4 is 5.73 Å². The van der Waals surface area contributed by atoms with Gasteiger partial charge in [-0.1, -0.05) is 25.3 Å². The Morgan fingerprint density at radius 1 is 1.50 bits per heavy atom. The van der Waals surface area contributed by atoms with Crippen molar-refractivity contribution in [3.05, 3.63) is 60.8 Å². The predicted molar refractivity (Wildman–Crippen MR) is 66.2 cm³/mol. The van der Waals surface area contributed by atoms with Crippen LogP contribution in [0.4, 0.5) is 4.39 Å². The van der Waals surface area contributed by atoms with E-state index in [9.17, 15) is 4.39 Å². The highest BCUT2D eigenvalue weighted by Crippen LogP contribution is 2.05. The summed E-state index contributed by atoms with van der Waals surface area (Å²) in [6.45, 7) is 9.46. The lowest BCUT2D eigenvalue weighted by molar-refractivity contribution is 0.244. The Morgan fingerprint density at radius 3 is 2.75 bits per heavy atom. The molecule has 0 aliphatic rings. The van der Waals surface area contributed by atoms with Gasteiger partial charge >= 0.3 is 0 Å². The molecule has 0 aromatic heterocycles. The Kier molecular flexibility index (Phi) is 7.59. The number of hydrogen-bond acceptors (Lipinski definition) is 2. The molecular weight excluding hydrogens is 205 g/mol. The monoisotopic (exact) mass is 223 g/mol. The standard InChI is InChI=1S/C13H18FNO/c1-4-7-12(14)8-6-9-13(15)10-11(3)16-5-2/h4,6-8,10H,1,3,5,9,15H2,2H3/b8-6-,12-7+,13-10-. The molecule has 0 aromatic carbocycles. The van der Waals surface area contributed by atoms with E-state index < -0.39 is 0 Å². The van der Waals surface area contributed by atoms with Gasteiger partial charge in [0.2, 0.25) is 0 Å². The Hall–Kier alpha value is -1.77. The van der Waals surface area contributed by atoms with Gasteiger partial charge in [-0.3, -0.25) is 0 Å². The van der Waals surface area contributed by atoms with Gasteiger partial charge in [-0.05, 0) is 25.2 Å². The second-order valence-electron chi connectivity index (χ2n) is 3.01. The summed E-state index contributed by atoms with van der Waals surface area (Å²) < 4.78 is 17.9. The van der Waals surface area contributed by atoms with E-state index in [1.54, 1.807) is 12.2 Å². The van der Waals surface area contributed by atoms with Crippen molar-refractivity contribution in [2.24, 2.45) is 5.73 Å². The van der Waals surface area contributed by atoms with E-state index in [0.717, 1.165) is 0 Å². The summed E-state index contributed by atoms with van der Waals surface area (Å²) in [6.07, 6.45) is 7.70. The van der Waals surface area contributed by atoms with E-state index in [4.69, 9.17) is 10.5 Å². The summed E-state index contributed by atoms with van der Waals surface area (Å²) in [6, 6.07) is 0. The zero-order chi connectivity index (χ0) is 12.4. The molecule has 0 aliphatic carbocycles. The molecule has 0 fully saturated rings. The minimum absolute atomic E-state index is 0.355. The van der Waals surface area contributed by atoms with Gasteiger partial charge in [0, 0.05) is 12.1 Å². The molecule has 0 radical (unpaired) electrons. The van der Waals surface area contributed by atoms with Gasteiger partial charge in [-0.15, -0.1) is 0 Å². The fourth-order valence-electron chi connectivity index (χ4n) is 0.969. The highest BCUT2D eigenvalue weighted by molar-refractivity contribution is 5.20. The van der Waals surface area contributed by atoms with Gasteiger partial charge in [0.25, 0.3) is 0 Å². The van der Waals surface area contributed by atoms with Crippen LogP contribution in [0.1, 0.15) is 13.3 Å². The number of ether oxygens (including phenoxy) is 1. The summed E-state index contributed by atoms with van der Waals surface area (Å²) in [5.41, 5.74) is 6.24. The zero-order valence-corrected chi connectivity index (χ0v) is 9.58. The largest absolute Gasteiger partial charge is 0.494 e. The van der Waals surface area contributed by atoms with E-state index in [0.29, 0.717) is 24.5 Å². The lowest BCUT2D eigenvalue weighted by Gasteiger charge is -2.02. The van der Waals surface area contributed by atoms with Crippen LogP contribution in [-0.2, 0) is 4.74 Å². The van der Waals surface area contributed by atoms with E-state index in [1.165, 1.54) is 18.2 Å². The van der Waals surface area contributed by atoms with Gasteiger partial charge < -0.3 is 10.5 Å². The van der Waals surface area contributed by atoms with Crippen molar-refractivity contribution < 1.29 is 9.13 Å². The van der Waals surface area contributed by atoms with Crippen LogP contribution in [-0.4, -0.2) is 6.61 Å². The molecule has 0 atom stereocenters. The molecule has 0 saturated heterocycles. The molecule has 0 unspecified atom stereocenters. The smallest absolute Gasteiger partial charge is 0.122 e. The van der Waals surface area contributed by atoms with Crippen LogP contribution in [0.5, 0.6) is 0 Å². The highest BCUT2D eigenvalue weighted by atomic mass is 19.1. The number of nitrogens with two attached hydrogens (primary N) is 1. The van der Waals surface area contributed by atoms with Gasteiger partial charge in [0.1, 0.15) is 11.6 Å². The number of hydrogen-bond donors (Lipinski definition) is 1. The first-order valence-electron chi connectivity index (χ1n) is 5.02. The van der Waals surface area contributed by atoms with Crippen LogP contribution in [0.25, 0.3) is 0 Å². The molecule has 0 saturated carbocycles. The number of halogens is 1. The third-order valence-electron chi connectivity index (χ3n) is 1.58. The second-order valence-corrected chi connectivity index (χ2v) is 3.01. The lowest BCUT2D eigenvalue weighted by atomic mass is 10.2. The first-order valence-corrected chi connectivity index (χ1v) is 5.02. The van der Waals surface area contributed by atoms with E-state index in [1.807, 2.05) is 6.92 Å². The average molecular weight is 223 g/mol. The lowest BCUT2D eigenvalue weighted by Crippen LogP contribution is -1.97. The van der Waals surface area contributed by atoms with Crippen LogP contribution >= 0.6 is 0 Å². The molecule has 16 heavy (non-hydrogen) atoms.